The third-order valence-corrected chi connectivity index (χ3v) is 5.07. The summed E-state index contributed by atoms with van der Waals surface area (Å²) >= 11 is 6.11. The van der Waals surface area contributed by atoms with E-state index in [1.54, 1.807) is 47.8 Å². The summed E-state index contributed by atoms with van der Waals surface area (Å²) in [4.78, 5) is 21.7. The molecule has 144 valence electrons. The Morgan fingerprint density at radius 1 is 1.25 bits per heavy atom. The molecule has 1 aliphatic rings. The first kappa shape index (κ1) is 18.5. The Morgan fingerprint density at radius 2 is 2.07 bits per heavy atom. The van der Waals surface area contributed by atoms with Crippen molar-refractivity contribution in [2.24, 2.45) is 0 Å². The van der Waals surface area contributed by atoms with Crippen LogP contribution in [0.3, 0.4) is 0 Å². The number of carbonyl (C=O) groups excluding carboxylic acids is 1. The summed E-state index contributed by atoms with van der Waals surface area (Å²) in [6, 6.07) is 9.70. The highest BCUT2D eigenvalue weighted by Crippen LogP contribution is 2.26. The zero-order valence-electron chi connectivity index (χ0n) is 15.1. The molecule has 0 spiro atoms. The highest BCUT2D eigenvalue weighted by Gasteiger charge is 2.27. The Morgan fingerprint density at radius 3 is 2.86 bits per heavy atom. The lowest BCUT2D eigenvalue weighted by atomic mass is 10.1. The lowest BCUT2D eigenvalue weighted by molar-refractivity contribution is 0.0533. The molecule has 4 rings (SSSR count). The molecular weight excluding hydrogens is 381 g/mol. The number of carbonyl (C=O) groups is 1. The number of ether oxygens (including phenoxy) is 1. The van der Waals surface area contributed by atoms with E-state index < -0.39 is 0 Å². The third-order valence-electron chi connectivity index (χ3n) is 4.79. The van der Waals surface area contributed by atoms with Gasteiger partial charge in [-0.25, -0.2) is 4.39 Å². The number of rotatable bonds is 4. The summed E-state index contributed by atoms with van der Waals surface area (Å²) in [6.07, 6.45) is 6.51. The second kappa shape index (κ2) is 8.02. The molecule has 1 fully saturated rings. The summed E-state index contributed by atoms with van der Waals surface area (Å²) in [5.41, 5.74) is 2.20. The molecule has 0 saturated carbocycles. The normalized spacial score (nSPS) is 16.8. The first-order valence-corrected chi connectivity index (χ1v) is 9.48. The van der Waals surface area contributed by atoms with Gasteiger partial charge < -0.3 is 14.6 Å². The number of likely N-dealkylation sites (tertiary alicyclic amines) is 1. The molecule has 5 nitrogen and oxygen atoms in total. The van der Waals surface area contributed by atoms with E-state index in [1.807, 2.05) is 0 Å². The van der Waals surface area contributed by atoms with Gasteiger partial charge in [-0.05, 0) is 42.2 Å². The highest BCUT2D eigenvalue weighted by atomic mass is 35.5. The molecule has 3 heterocycles. The number of nitrogens with one attached hydrogen (secondary N) is 1. The molecule has 1 aliphatic heterocycles. The number of halogens is 2. The smallest absolute Gasteiger partial charge is 0.270 e. The van der Waals surface area contributed by atoms with Crippen LogP contribution < -0.4 is 4.74 Å². The van der Waals surface area contributed by atoms with Gasteiger partial charge in [0.05, 0.1) is 6.54 Å². The van der Waals surface area contributed by atoms with Gasteiger partial charge in [0.1, 0.15) is 28.4 Å². The maximum atomic E-state index is 13.1. The van der Waals surface area contributed by atoms with Gasteiger partial charge in [0.15, 0.2) is 0 Å². The lowest BCUT2D eigenvalue weighted by Crippen LogP contribution is -2.44. The molecule has 2 aromatic heterocycles. The molecule has 3 aromatic rings. The fourth-order valence-electron chi connectivity index (χ4n) is 3.35. The van der Waals surface area contributed by atoms with E-state index in [0.717, 1.165) is 24.0 Å². The van der Waals surface area contributed by atoms with Crippen molar-refractivity contribution in [2.75, 3.05) is 13.1 Å². The second-order valence-corrected chi connectivity index (χ2v) is 7.16. The van der Waals surface area contributed by atoms with E-state index in [-0.39, 0.29) is 17.8 Å². The fourth-order valence-corrected chi connectivity index (χ4v) is 3.52. The molecule has 1 saturated heterocycles. The minimum atomic E-state index is -0.288. The van der Waals surface area contributed by atoms with Gasteiger partial charge in [-0.1, -0.05) is 23.7 Å². The van der Waals surface area contributed by atoms with Crippen LogP contribution in [0.25, 0.3) is 11.1 Å². The summed E-state index contributed by atoms with van der Waals surface area (Å²) in [6.45, 7) is 1.16. The molecule has 1 atom stereocenters. The number of hydrogen-bond donors (Lipinski definition) is 1. The molecule has 1 aromatic carbocycles. The molecule has 1 N–H and O–H groups in total. The number of aromatic nitrogens is 2. The minimum absolute atomic E-state index is 0.0810. The van der Waals surface area contributed by atoms with Gasteiger partial charge in [0, 0.05) is 31.2 Å². The summed E-state index contributed by atoms with van der Waals surface area (Å²) in [5, 5.41) is 0.458. The van der Waals surface area contributed by atoms with Gasteiger partial charge in [-0.2, -0.15) is 0 Å². The Labute approximate surface area is 167 Å². The van der Waals surface area contributed by atoms with Gasteiger partial charge in [-0.3, -0.25) is 9.78 Å². The Bertz CT molecular complexity index is 974. The van der Waals surface area contributed by atoms with Crippen molar-refractivity contribution in [3.8, 4) is 16.9 Å². The van der Waals surface area contributed by atoms with Crippen LogP contribution in [0.5, 0.6) is 5.75 Å². The topological polar surface area (TPSA) is 58.2 Å². The largest absolute Gasteiger partial charge is 0.487 e. The molecule has 28 heavy (non-hydrogen) atoms. The first-order chi connectivity index (χ1) is 13.6. The number of aromatic amines is 1. The number of amides is 1. The summed E-state index contributed by atoms with van der Waals surface area (Å²) in [5.74, 6) is 0.209. The average Bonchev–Trinajstić information content (AvgIpc) is 3.20. The van der Waals surface area contributed by atoms with Crippen molar-refractivity contribution in [3.63, 3.8) is 0 Å². The molecule has 0 aliphatic carbocycles. The zero-order valence-corrected chi connectivity index (χ0v) is 15.8. The lowest BCUT2D eigenvalue weighted by Gasteiger charge is -2.32. The highest BCUT2D eigenvalue weighted by molar-refractivity contribution is 6.31. The van der Waals surface area contributed by atoms with E-state index in [0.29, 0.717) is 29.6 Å². The standard InChI is InChI=1S/C21H19ClFN3O2/c22-18-12-24-8-7-20(18)28-17-2-1-9-26(13-17)21(27)19-10-15(11-25-19)14-3-5-16(23)6-4-14/h3-8,10-12,17,25H,1-2,9,13H2/t17-/m1/s1. The van der Waals surface area contributed by atoms with E-state index in [4.69, 9.17) is 16.3 Å². The predicted octanol–water partition coefficient (Wildman–Crippen LogP) is 4.55. The number of H-pyrrole nitrogens is 1. The van der Waals surface area contributed by atoms with Crippen molar-refractivity contribution in [2.45, 2.75) is 18.9 Å². The van der Waals surface area contributed by atoms with Crippen LogP contribution in [0.2, 0.25) is 5.02 Å². The van der Waals surface area contributed by atoms with Crippen LogP contribution in [0.4, 0.5) is 4.39 Å². The van der Waals surface area contributed by atoms with Crippen molar-refractivity contribution < 1.29 is 13.9 Å². The van der Waals surface area contributed by atoms with Crippen LogP contribution >= 0.6 is 11.6 Å². The molecule has 7 heteroatoms. The van der Waals surface area contributed by atoms with Gasteiger partial charge in [0.25, 0.3) is 5.91 Å². The van der Waals surface area contributed by atoms with Gasteiger partial charge in [-0.15, -0.1) is 0 Å². The number of piperidine rings is 1. The Hall–Kier alpha value is -2.86. The van der Waals surface area contributed by atoms with E-state index in [2.05, 4.69) is 9.97 Å². The van der Waals surface area contributed by atoms with Gasteiger partial charge >= 0.3 is 0 Å². The zero-order chi connectivity index (χ0) is 19.5. The van der Waals surface area contributed by atoms with Crippen LogP contribution in [-0.2, 0) is 0 Å². The van der Waals surface area contributed by atoms with Crippen LogP contribution in [0.15, 0.2) is 55.0 Å². The SMILES string of the molecule is O=C(c1cc(-c2ccc(F)cc2)c[nH]1)N1CCC[C@@H](Oc2ccncc2Cl)C1. The second-order valence-electron chi connectivity index (χ2n) is 6.75. The fraction of sp³-hybridized carbons (Fsp3) is 0.238. The summed E-state index contributed by atoms with van der Waals surface area (Å²) < 4.78 is 19.1. The maximum Gasteiger partial charge on any atom is 0.270 e. The van der Waals surface area contributed by atoms with E-state index >= 15 is 0 Å². The maximum absolute atomic E-state index is 13.1. The van der Waals surface area contributed by atoms with Gasteiger partial charge in [0.2, 0.25) is 0 Å². The summed E-state index contributed by atoms with van der Waals surface area (Å²) in [7, 11) is 0. The van der Waals surface area contributed by atoms with Crippen LogP contribution in [-0.4, -0.2) is 40.0 Å². The molecule has 1 amide bonds. The quantitative estimate of drug-likeness (QED) is 0.700. The minimum Gasteiger partial charge on any atom is -0.487 e. The number of nitrogens with zero attached hydrogens (tertiary/aromatic N) is 2. The van der Waals surface area contributed by atoms with E-state index in [9.17, 15) is 9.18 Å². The molecular formula is C21H19ClFN3O2. The molecule has 0 unspecified atom stereocenters. The van der Waals surface area contributed by atoms with Crippen molar-refractivity contribution in [3.05, 3.63) is 71.5 Å². The Kier molecular flexibility index (Phi) is 5.30. The monoisotopic (exact) mass is 399 g/mol. The first-order valence-electron chi connectivity index (χ1n) is 9.10. The van der Waals surface area contributed by atoms with E-state index in [1.165, 1.54) is 12.1 Å². The Balaban J connectivity index is 1.44. The van der Waals surface area contributed by atoms with Crippen molar-refractivity contribution >= 4 is 17.5 Å². The molecule has 0 radical (unpaired) electrons. The average molecular weight is 400 g/mol. The third kappa shape index (κ3) is 4.02. The number of benzene rings is 1. The number of pyridine rings is 1. The van der Waals surface area contributed by atoms with Crippen molar-refractivity contribution in [1.82, 2.24) is 14.9 Å². The van der Waals surface area contributed by atoms with Crippen molar-refractivity contribution in [1.29, 1.82) is 0 Å². The predicted molar refractivity (Wildman–Crippen MR) is 105 cm³/mol. The molecule has 0 bridgehead atoms. The number of hydrogen-bond acceptors (Lipinski definition) is 3. The van der Waals surface area contributed by atoms with Crippen LogP contribution in [0, 0.1) is 5.82 Å². The van der Waals surface area contributed by atoms with Crippen LogP contribution in [0.1, 0.15) is 23.3 Å².